The van der Waals surface area contributed by atoms with Gasteiger partial charge in [0.2, 0.25) is 5.16 Å². The summed E-state index contributed by atoms with van der Waals surface area (Å²) in [6.45, 7) is -0.692. The number of benzene rings is 2. The van der Waals surface area contributed by atoms with Crippen LogP contribution in [0.3, 0.4) is 0 Å². The Balaban J connectivity index is 1.67. The van der Waals surface area contributed by atoms with Crippen molar-refractivity contribution in [3.8, 4) is 11.4 Å². The average molecular weight is 538 g/mol. The van der Waals surface area contributed by atoms with Crippen LogP contribution in [0.25, 0.3) is 5.69 Å². The van der Waals surface area contributed by atoms with E-state index in [2.05, 4.69) is 20.3 Å². The molecule has 4 rings (SSSR count). The number of ether oxygens (including phenoxy) is 2. The minimum atomic E-state index is -0.984. The maximum absolute atomic E-state index is 13.3. The number of carbonyl (C=O) groups is 2. The fourth-order valence-electron chi connectivity index (χ4n) is 3.59. The lowest BCUT2D eigenvalue weighted by Gasteiger charge is -2.16. The lowest BCUT2D eigenvalue weighted by Crippen LogP contribution is -2.45. The van der Waals surface area contributed by atoms with Gasteiger partial charge >= 0.3 is 11.7 Å². The summed E-state index contributed by atoms with van der Waals surface area (Å²) in [5.41, 5.74) is 5.30. The Morgan fingerprint density at radius 1 is 1.00 bits per heavy atom. The summed E-state index contributed by atoms with van der Waals surface area (Å²) >= 11 is 0.980. The van der Waals surface area contributed by atoms with Gasteiger partial charge in [0.05, 0.1) is 32.2 Å². The summed E-state index contributed by atoms with van der Waals surface area (Å²) in [5.74, 6) is -1.41. The molecule has 0 saturated carbocycles. The molecule has 0 saturated heterocycles. The van der Waals surface area contributed by atoms with Gasteiger partial charge < -0.3 is 15.2 Å². The largest absolute Gasteiger partial charge is 0.497 e. The molecule has 13 nitrogen and oxygen atoms in total. The van der Waals surface area contributed by atoms with E-state index in [0.29, 0.717) is 21.6 Å². The first-order valence-electron chi connectivity index (χ1n) is 11.2. The van der Waals surface area contributed by atoms with Crippen LogP contribution in [0.2, 0.25) is 0 Å². The summed E-state index contributed by atoms with van der Waals surface area (Å²) in [6, 6.07) is 15.8. The van der Waals surface area contributed by atoms with Crippen LogP contribution in [0.4, 0.5) is 5.82 Å². The molecule has 2 aromatic carbocycles. The maximum Gasteiger partial charge on any atom is 0.333 e. The predicted molar refractivity (Wildman–Crippen MR) is 138 cm³/mol. The summed E-state index contributed by atoms with van der Waals surface area (Å²) in [7, 11) is 2.68. The smallest absolute Gasteiger partial charge is 0.333 e. The number of nitrogens with two attached hydrogens (primary N) is 1. The second-order valence-electron chi connectivity index (χ2n) is 7.87. The molecular weight excluding hydrogens is 514 g/mol. The van der Waals surface area contributed by atoms with E-state index in [1.54, 1.807) is 61.7 Å². The van der Waals surface area contributed by atoms with Crippen LogP contribution >= 0.6 is 11.8 Å². The third-order valence-electron chi connectivity index (χ3n) is 5.54. The third-order valence-corrected chi connectivity index (χ3v) is 6.45. The first kappa shape index (κ1) is 26.3. The zero-order chi connectivity index (χ0) is 27.2. The number of Topliss-reactive ketones (excluding diaryl/α,β-unsaturated/α-hetero) is 1. The number of tetrazole rings is 1. The number of esters is 1. The van der Waals surface area contributed by atoms with Gasteiger partial charge in [-0.15, -0.1) is 5.10 Å². The Morgan fingerprint density at radius 2 is 1.71 bits per heavy atom. The Hall–Kier alpha value is -4.72. The number of hydrogen-bond donors (Lipinski definition) is 1. The molecule has 0 amide bonds. The number of rotatable bonds is 10. The fourth-order valence-corrected chi connectivity index (χ4v) is 4.35. The minimum Gasteiger partial charge on any atom is -0.497 e. The number of carbonyl (C=O) groups excluding carboxylic acids is 2. The zero-order valence-electron chi connectivity index (χ0n) is 20.4. The highest BCUT2D eigenvalue weighted by molar-refractivity contribution is 7.99. The van der Waals surface area contributed by atoms with Gasteiger partial charge in [-0.25, -0.2) is 9.36 Å². The molecule has 2 heterocycles. The van der Waals surface area contributed by atoms with E-state index in [0.717, 1.165) is 23.4 Å². The van der Waals surface area contributed by atoms with Gasteiger partial charge in [-0.1, -0.05) is 42.1 Å². The van der Waals surface area contributed by atoms with Gasteiger partial charge in [0.15, 0.2) is 5.78 Å². The standard InChI is InChI=1S/C24H23N7O6S/c1-36-17-10-8-16(9-11-17)31-23(26-27-28-31)38-14-18(32)20-21(25)29(12-15-6-4-3-5-7-15)24(35)30(22(20)34)13-19(33)37-2/h3-11H,12-14,25H2,1-2H3. The normalized spacial score (nSPS) is 10.8. The summed E-state index contributed by atoms with van der Waals surface area (Å²) < 4.78 is 12.9. The second kappa shape index (κ2) is 11.6. The molecule has 0 atom stereocenters. The van der Waals surface area contributed by atoms with Gasteiger partial charge in [0.1, 0.15) is 23.7 Å². The van der Waals surface area contributed by atoms with Crippen LogP contribution in [0, 0.1) is 0 Å². The number of nitrogens with zero attached hydrogens (tertiary/aromatic N) is 6. The molecule has 0 aliphatic carbocycles. The second-order valence-corrected chi connectivity index (χ2v) is 8.81. The van der Waals surface area contributed by atoms with Crippen LogP contribution in [0.15, 0.2) is 69.3 Å². The molecule has 0 spiro atoms. The summed E-state index contributed by atoms with van der Waals surface area (Å²) in [4.78, 5) is 51.5. The van der Waals surface area contributed by atoms with E-state index in [1.165, 1.54) is 4.68 Å². The number of methoxy groups -OCH3 is 2. The molecular formula is C24H23N7O6S. The Bertz CT molecular complexity index is 1580. The molecule has 38 heavy (non-hydrogen) atoms. The average Bonchev–Trinajstić information content (AvgIpc) is 3.41. The number of nitrogen functional groups attached to an aromatic ring is 1. The van der Waals surface area contributed by atoms with Gasteiger partial charge in [-0.05, 0) is 40.3 Å². The van der Waals surface area contributed by atoms with Gasteiger partial charge in [-0.2, -0.15) is 4.68 Å². The van der Waals surface area contributed by atoms with Crippen molar-refractivity contribution in [3.63, 3.8) is 0 Å². The van der Waals surface area contributed by atoms with Crippen LogP contribution in [-0.2, 0) is 22.6 Å². The van der Waals surface area contributed by atoms with Gasteiger partial charge in [0, 0.05) is 0 Å². The van der Waals surface area contributed by atoms with Crippen molar-refractivity contribution in [3.05, 3.63) is 86.6 Å². The van der Waals surface area contributed by atoms with Crippen molar-refractivity contribution in [1.29, 1.82) is 0 Å². The highest BCUT2D eigenvalue weighted by Gasteiger charge is 2.25. The van der Waals surface area contributed by atoms with Crippen LogP contribution < -0.4 is 21.7 Å². The SMILES string of the molecule is COC(=O)Cn1c(=O)c(C(=O)CSc2nnnn2-c2ccc(OC)cc2)c(N)n(Cc2ccccc2)c1=O. The summed E-state index contributed by atoms with van der Waals surface area (Å²) in [5, 5.41) is 11.9. The number of hydrogen-bond acceptors (Lipinski definition) is 11. The number of aromatic nitrogens is 6. The molecule has 0 radical (unpaired) electrons. The van der Waals surface area contributed by atoms with Crippen molar-refractivity contribution in [2.24, 2.45) is 0 Å². The van der Waals surface area contributed by atoms with Gasteiger partial charge in [0.25, 0.3) is 5.56 Å². The molecule has 2 N–H and O–H groups in total. The fraction of sp³-hybridized carbons (Fsp3) is 0.208. The molecule has 0 aliphatic rings. The van der Waals surface area contributed by atoms with E-state index in [4.69, 9.17) is 10.5 Å². The lowest BCUT2D eigenvalue weighted by molar-refractivity contribution is -0.141. The van der Waals surface area contributed by atoms with Gasteiger partial charge in [-0.3, -0.25) is 19.0 Å². The molecule has 4 aromatic rings. The molecule has 196 valence electrons. The van der Waals surface area contributed by atoms with E-state index < -0.39 is 35.1 Å². The van der Waals surface area contributed by atoms with Crippen LogP contribution in [0.1, 0.15) is 15.9 Å². The molecule has 0 fully saturated rings. The monoisotopic (exact) mass is 537 g/mol. The molecule has 0 unspecified atom stereocenters. The lowest BCUT2D eigenvalue weighted by atomic mass is 10.2. The summed E-state index contributed by atoms with van der Waals surface area (Å²) in [6.07, 6.45) is 0. The van der Waals surface area contributed by atoms with Crippen LogP contribution in [-0.4, -0.2) is 61.1 Å². The molecule has 14 heteroatoms. The van der Waals surface area contributed by atoms with Crippen molar-refractivity contribution in [2.75, 3.05) is 25.7 Å². The van der Waals surface area contributed by atoms with Crippen molar-refractivity contribution < 1.29 is 19.1 Å². The molecule has 0 aliphatic heterocycles. The number of thioether (sulfide) groups is 1. The van der Waals surface area contributed by atoms with Crippen molar-refractivity contribution in [2.45, 2.75) is 18.2 Å². The quantitative estimate of drug-likeness (QED) is 0.172. The van der Waals surface area contributed by atoms with E-state index >= 15 is 0 Å². The van der Waals surface area contributed by atoms with Crippen LogP contribution in [0.5, 0.6) is 5.75 Å². The highest BCUT2D eigenvalue weighted by atomic mass is 32.2. The van der Waals surface area contributed by atoms with E-state index in [9.17, 15) is 19.2 Å². The minimum absolute atomic E-state index is 0.0178. The van der Waals surface area contributed by atoms with E-state index in [1.807, 2.05) is 0 Å². The predicted octanol–water partition coefficient (Wildman–Crippen LogP) is 0.773. The third kappa shape index (κ3) is 5.49. The van der Waals surface area contributed by atoms with Crippen molar-refractivity contribution >= 4 is 29.3 Å². The maximum atomic E-state index is 13.3. The number of ketones is 1. The van der Waals surface area contributed by atoms with Crippen molar-refractivity contribution in [1.82, 2.24) is 29.3 Å². The first-order chi connectivity index (χ1) is 18.3. The first-order valence-corrected chi connectivity index (χ1v) is 12.1. The molecule has 2 aromatic heterocycles. The van der Waals surface area contributed by atoms with E-state index in [-0.39, 0.29) is 23.3 Å². The topological polar surface area (TPSA) is 166 Å². The Labute approximate surface area is 219 Å². The number of anilines is 1. The highest BCUT2D eigenvalue weighted by Crippen LogP contribution is 2.22. The zero-order valence-corrected chi connectivity index (χ0v) is 21.3. The molecule has 0 bridgehead atoms. The Kier molecular flexibility index (Phi) is 8.01. The Morgan fingerprint density at radius 3 is 2.37 bits per heavy atom.